The molecule has 0 spiro atoms. The first-order chi connectivity index (χ1) is 13.6. The quantitative estimate of drug-likeness (QED) is 0.506. The van der Waals surface area contributed by atoms with Crippen LogP contribution < -0.4 is 15.7 Å². The molecule has 0 saturated carbocycles. The summed E-state index contributed by atoms with van der Waals surface area (Å²) in [5, 5.41) is 9.27. The molecule has 0 bridgehead atoms. The van der Waals surface area contributed by atoms with Crippen molar-refractivity contribution in [2.75, 3.05) is 7.11 Å². The number of hydrogen-bond donors (Lipinski definition) is 1. The highest BCUT2D eigenvalue weighted by atomic mass is 16.5. The molecule has 3 aromatic rings. The molecule has 2 aromatic carbocycles. The number of hydrazone groups is 1. The molecule has 0 unspecified atom stereocenters. The Labute approximate surface area is 162 Å². The van der Waals surface area contributed by atoms with Gasteiger partial charge in [-0.05, 0) is 42.3 Å². The number of carbonyl (C=O) groups excluding carboxylic acids is 1. The van der Waals surface area contributed by atoms with E-state index in [1.165, 1.54) is 10.9 Å². The highest BCUT2D eigenvalue weighted by Gasteiger charge is 2.16. The number of ether oxygens (including phenoxy) is 1. The van der Waals surface area contributed by atoms with Crippen molar-refractivity contribution in [3.8, 4) is 5.75 Å². The molecule has 0 atom stereocenters. The van der Waals surface area contributed by atoms with Gasteiger partial charge in [-0.1, -0.05) is 31.5 Å². The van der Waals surface area contributed by atoms with E-state index in [-0.39, 0.29) is 11.3 Å². The number of hydrogen-bond acceptors (Lipinski definition) is 5. The van der Waals surface area contributed by atoms with Crippen LogP contribution in [0, 0.1) is 0 Å². The van der Waals surface area contributed by atoms with Crippen molar-refractivity contribution in [2.24, 2.45) is 5.10 Å². The van der Waals surface area contributed by atoms with Crippen LogP contribution in [0.15, 0.2) is 58.4 Å². The number of methoxy groups -OCH3 is 1. The maximum atomic E-state index is 12.7. The van der Waals surface area contributed by atoms with E-state index in [9.17, 15) is 9.59 Å². The predicted molar refractivity (Wildman–Crippen MR) is 109 cm³/mol. The predicted octanol–water partition coefficient (Wildman–Crippen LogP) is 2.97. The summed E-state index contributed by atoms with van der Waals surface area (Å²) in [5.41, 5.74) is 3.29. The lowest BCUT2D eigenvalue weighted by atomic mass is 10.1. The smallest absolute Gasteiger partial charge is 0.292 e. The van der Waals surface area contributed by atoms with Gasteiger partial charge < -0.3 is 4.74 Å². The molecule has 1 amide bonds. The molecule has 7 heteroatoms. The van der Waals surface area contributed by atoms with E-state index in [0.29, 0.717) is 17.3 Å². The van der Waals surface area contributed by atoms with E-state index in [2.05, 4.69) is 15.6 Å². The molecule has 0 saturated heterocycles. The zero-order valence-corrected chi connectivity index (χ0v) is 15.9. The minimum Gasteiger partial charge on any atom is -0.497 e. The summed E-state index contributed by atoms with van der Waals surface area (Å²) in [4.78, 5) is 25.3. The van der Waals surface area contributed by atoms with E-state index in [0.717, 1.165) is 24.2 Å². The molecule has 144 valence electrons. The van der Waals surface area contributed by atoms with Crippen LogP contribution in [0.1, 0.15) is 35.8 Å². The topological polar surface area (TPSA) is 85.6 Å². The minimum absolute atomic E-state index is 0.179. The van der Waals surface area contributed by atoms with Crippen LogP contribution in [0.25, 0.3) is 10.8 Å². The summed E-state index contributed by atoms with van der Waals surface area (Å²) in [6.07, 6.45) is 3.27. The van der Waals surface area contributed by atoms with Gasteiger partial charge in [0.05, 0.1) is 18.7 Å². The summed E-state index contributed by atoms with van der Waals surface area (Å²) < 4.78 is 6.46. The number of carbonyl (C=O) groups is 1. The summed E-state index contributed by atoms with van der Waals surface area (Å²) in [6, 6.07) is 14.2. The van der Waals surface area contributed by atoms with Crippen LogP contribution >= 0.6 is 0 Å². The number of benzene rings is 2. The molecule has 7 nitrogen and oxygen atoms in total. The number of nitrogens with zero attached hydrogens (tertiary/aromatic N) is 3. The fourth-order valence-electron chi connectivity index (χ4n) is 2.77. The molecular formula is C21H22N4O3. The number of nitrogens with one attached hydrogen (secondary N) is 1. The molecule has 3 rings (SSSR count). The van der Waals surface area contributed by atoms with Crippen molar-refractivity contribution < 1.29 is 9.53 Å². The largest absolute Gasteiger partial charge is 0.497 e. The lowest BCUT2D eigenvalue weighted by molar-refractivity contribution is 0.0949. The number of rotatable bonds is 7. The van der Waals surface area contributed by atoms with Crippen molar-refractivity contribution in [1.29, 1.82) is 0 Å². The van der Waals surface area contributed by atoms with Crippen molar-refractivity contribution in [3.63, 3.8) is 0 Å². The van der Waals surface area contributed by atoms with Gasteiger partial charge in [0.1, 0.15) is 5.75 Å². The van der Waals surface area contributed by atoms with Gasteiger partial charge in [0.25, 0.3) is 11.5 Å². The maximum absolute atomic E-state index is 12.7. The fourth-order valence-corrected chi connectivity index (χ4v) is 2.77. The molecule has 0 aliphatic rings. The third kappa shape index (κ3) is 4.25. The van der Waals surface area contributed by atoms with Crippen LogP contribution in [0.4, 0.5) is 0 Å². The van der Waals surface area contributed by atoms with E-state index in [4.69, 9.17) is 4.74 Å². The van der Waals surface area contributed by atoms with Gasteiger partial charge in [0, 0.05) is 11.9 Å². The fraction of sp³-hybridized carbons (Fsp3) is 0.238. The Morgan fingerprint density at radius 1 is 1.18 bits per heavy atom. The Bertz CT molecular complexity index is 1060. The molecule has 1 aromatic heterocycles. The third-order valence-corrected chi connectivity index (χ3v) is 4.30. The molecule has 1 heterocycles. The molecular weight excluding hydrogens is 356 g/mol. The maximum Gasteiger partial charge on any atom is 0.292 e. The Kier molecular flexibility index (Phi) is 6.16. The minimum atomic E-state index is -0.466. The Hall–Kier alpha value is -3.48. The standard InChI is InChI=1S/C21H22N4O3/c1-3-4-13-25-21(27)18-8-6-5-7-17(18)19(24-25)20(26)23-22-14-15-9-11-16(28-2)12-10-15/h5-12,14H,3-4,13H2,1-2H3,(H,23,26)/b22-14-. The monoisotopic (exact) mass is 378 g/mol. The lowest BCUT2D eigenvalue weighted by Gasteiger charge is -2.09. The van der Waals surface area contributed by atoms with Crippen molar-refractivity contribution >= 4 is 22.9 Å². The van der Waals surface area contributed by atoms with Crippen LogP contribution in [0.5, 0.6) is 5.75 Å². The first kappa shape index (κ1) is 19.3. The van der Waals surface area contributed by atoms with E-state index < -0.39 is 5.91 Å². The number of aromatic nitrogens is 2. The van der Waals surface area contributed by atoms with Crippen molar-refractivity contribution in [1.82, 2.24) is 15.2 Å². The molecule has 0 aliphatic heterocycles. The normalized spacial score (nSPS) is 11.1. The highest BCUT2D eigenvalue weighted by Crippen LogP contribution is 2.14. The summed E-state index contributed by atoms with van der Waals surface area (Å²) in [5.74, 6) is 0.275. The first-order valence-corrected chi connectivity index (χ1v) is 9.11. The SMILES string of the molecule is CCCCn1nc(C(=O)N/N=C\c2ccc(OC)cc2)c2ccccc2c1=O. The zero-order valence-electron chi connectivity index (χ0n) is 15.9. The molecule has 1 N–H and O–H groups in total. The van der Waals surface area contributed by atoms with Gasteiger partial charge in [-0.3, -0.25) is 9.59 Å². The summed E-state index contributed by atoms with van der Waals surface area (Å²) >= 11 is 0. The van der Waals surface area contributed by atoms with Gasteiger partial charge >= 0.3 is 0 Å². The number of aryl methyl sites for hydroxylation is 1. The van der Waals surface area contributed by atoms with Gasteiger partial charge in [-0.15, -0.1) is 0 Å². The van der Waals surface area contributed by atoms with E-state index in [1.807, 2.05) is 31.2 Å². The zero-order chi connectivity index (χ0) is 19.9. The van der Waals surface area contributed by atoms with Crippen LogP contribution in [-0.2, 0) is 6.54 Å². The number of fused-ring (bicyclic) bond motifs is 1. The second-order valence-corrected chi connectivity index (χ2v) is 6.25. The van der Waals surface area contributed by atoms with Crippen LogP contribution in [0.2, 0.25) is 0 Å². The second-order valence-electron chi connectivity index (χ2n) is 6.25. The Balaban J connectivity index is 1.86. The highest BCUT2D eigenvalue weighted by molar-refractivity contribution is 6.04. The lowest BCUT2D eigenvalue weighted by Crippen LogP contribution is -2.29. The van der Waals surface area contributed by atoms with Gasteiger partial charge in [0.15, 0.2) is 5.69 Å². The molecule has 0 aliphatic carbocycles. The van der Waals surface area contributed by atoms with Crippen LogP contribution in [0.3, 0.4) is 0 Å². The van der Waals surface area contributed by atoms with Crippen molar-refractivity contribution in [3.05, 3.63) is 70.1 Å². The molecule has 28 heavy (non-hydrogen) atoms. The van der Waals surface area contributed by atoms with Crippen LogP contribution in [-0.4, -0.2) is 29.0 Å². The Morgan fingerprint density at radius 2 is 1.89 bits per heavy atom. The van der Waals surface area contributed by atoms with E-state index in [1.54, 1.807) is 31.4 Å². The second kappa shape index (κ2) is 8.94. The average molecular weight is 378 g/mol. The van der Waals surface area contributed by atoms with Gasteiger partial charge in [-0.25, -0.2) is 10.1 Å². The number of unbranched alkanes of at least 4 members (excludes halogenated alkanes) is 1. The van der Waals surface area contributed by atoms with E-state index >= 15 is 0 Å². The van der Waals surface area contributed by atoms with Gasteiger partial charge in [0.2, 0.25) is 0 Å². The van der Waals surface area contributed by atoms with Gasteiger partial charge in [-0.2, -0.15) is 10.2 Å². The molecule has 0 fully saturated rings. The van der Waals surface area contributed by atoms with Crippen molar-refractivity contribution in [2.45, 2.75) is 26.3 Å². The number of amides is 1. The Morgan fingerprint density at radius 3 is 2.57 bits per heavy atom. The molecule has 0 radical (unpaired) electrons. The first-order valence-electron chi connectivity index (χ1n) is 9.11. The third-order valence-electron chi connectivity index (χ3n) is 4.30. The summed E-state index contributed by atoms with van der Waals surface area (Å²) in [6.45, 7) is 2.50. The summed E-state index contributed by atoms with van der Waals surface area (Å²) in [7, 11) is 1.60. The average Bonchev–Trinajstić information content (AvgIpc) is 2.74.